The molecule has 7 heteroatoms. The summed E-state index contributed by atoms with van der Waals surface area (Å²) >= 11 is 6.16. The number of ether oxygens (including phenoxy) is 1. The highest BCUT2D eigenvalue weighted by atomic mass is 35.5. The van der Waals surface area contributed by atoms with Gasteiger partial charge in [-0.1, -0.05) is 67.1 Å². The molecule has 0 heterocycles. The summed E-state index contributed by atoms with van der Waals surface area (Å²) in [7, 11) is 0. The van der Waals surface area contributed by atoms with E-state index in [1.54, 1.807) is 30.3 Å². The monoisotopic (exact) mass is 435 g/mol. The van der Waals surface area contributed by atoms with E-state index in [-0.39, 0.29) is 6.61 Å². The molecule has 0 aliphatic heterocycles. The van der Waals surface area contributed by atoms with Crippen LogP contribution in [0.25, 0.3) is 0 Å². The second-order valence-corrected chi connectivity index (χ2v) is 6.99. The molecule has 31 heavy (non-hydrogen) atoms. The Morgan fingerprint density at radius 2 is 1.61 bits per heavy atom. The lowest BCUT2D eigenvalue weighted by Gasteiger charge is -2.10. The van der Waals surface area contributed by atoms with Crippen LogP contribution >= 0.6 is 11.6 Å². The minimum absolute atomic E-state index is 0.288. The number of nitrogens with one attached hydrogen (secondary N) is 2. The van der Waals surface area contributed by atoms with Gasteiger partial charge in [-0.05, 0) is 36.2 Å². The van der Waals surface area contributed by atoms with Crippen molar-refractivity contribution >= 4 is 35.3 Å². The fourth-order valence-corrected chi connectivity index (χ4v) is 3.02. The molecule has 0 atom stereocenters. The Balaban J connectivity index is 1.60. The molecule has 0 fully saturated rings. The van der Waals surface area contributed by atoms with E-state index in [1.807, 2.05) is 49.4 Å². The quantitative estimate of drug-likeness (QED) is 0.324. The molecule has 0 aromatic heterocycles. The molecule has 158 valence electrons. The largest absolute Gasteiger partial charge is 0.488 e. The first-order valence-corrected chi connectivity index (χ1v) is 10.1. The number of benzene rings is 3. The SMILES string of the molecule is CCc1ccccc1NC(=O)C(=O)N/N=C/c1ccccc1OCc1ccccc1Cl. The van der Waals surface area contributed by atoms with Crippen LogP contribution in [-0.4, -0.2) is 18.0 Å². The van der Waals surface area contributed by atoms with Crippen LogP contribution in [0.3, 0.4) is 0 Å². The van der Waals surface area contributed by atoms with Gasteiger partial charge in [-0.3, -0.25) is 9.59 Å². The summed E-state index contributed by atoms with van der Waals surface area (Å²) in [6.45, 7) is 2.26. The van der Waals surface area contributed by atoms with Crippen LogP contribution < -0.4 is 15.5 Å². The zero-order valence-electron chi connectivity index (χ0n) is 17.0. The first-order chi connectivity index (χ1) is 15.1. The molecule has 6 nitrogen and oxygen atoms in total. The predicted molar refractivity (Wildman–Crippen MR) is 122 cm³/mol. The summed E-state index contributed by atoms with van der Waals surface area (Å²) in [6, 6.07) is 22.0. The topological polar surface area (TPSA) is 79.8 Å². The van der Waals surface area contributed by atoms with Crippen LogP contribution in [0, 0.1) is 0 Å². The first-order valence-electron chi connectivity index (χ1n) is 9.76. The third-order valence-corrected chi connectivity index (χ3v) is 4.85. The fourth-order valence-electron chi connectivity index (χ4n) is 2.83. The maximum atomic E-state index is 12.1. The minimum atomic E-state index is -0.864. The molecule has 0 bridgehead atoms. The predicted octanol–water partition coefficient (Wildman–Crippen LogP) is 4.57. The lowest BCUT2D eigenvalue weighted by atomic mass is 10.1. The highest BCUT2D eigenvalue weighted by Crippen LogP contribution is 2.21. The van der Waals surface area contributed by atoms with Crippen molar-refractivity contribution in [2.24, 2.45) is 5.10 Å². The van der Waals surface area contributed by atoms with Gasteiger partial charge in [-0.15, -0.1) is 0 Å². The van der Waals surface area contributed by atoms with E-state index in [1.165, 1.54) is 6.21 Å². The molecule has 0 saturated carbocycles. The van der Waals surface area contributed by atoms with E-state index in [9.17, 15) is 9.59 Å². The van der Waals surface area contributed by atoms with Crippen LogP contribution in [0.15, 0.2) is 77.9 Å². The lowest BCUT2D eigenvalue weighted by Crippen LogP contribution is -2.32. The second-order valence-electron chi connectivity index (χ2n) is 6.58. The third-order valence-electron chi connectivity index (χ3n) is 4.48. The number of rotatable bonds is 7. The minimum Gasteiger partial charge on any atom is -0.488 e. The number of halogens is 1. The van der Waals surface area contributed by atoms with E-state index in [4.69, 9.17) is 16.3 Å². The van der Waals surface area contributed by atoms with Gasteiger partial charge in [0.05, 0.1) is 6.21 Å². The van der Waals surface area contributed by atoms with Gasteiger partial charge in [-0.25, -0.2) is 5.43 Å². The summed E-state index contributed by atoms with van der Waals surface area (Å²) in [5.74, 6) is -1.08. The first kappa shape index (κ1) is 22.1. The molecule has 0 aliphatic rings. The van der Waals surface area contributed by atoms with Gasteiger partial charge in [0.2, 0.25) is 0 Å². The number of hydrazone groups is 1. The highest BCUT2D eigenvalue weighted by Gasteiger charge is 2.14. The molecular weight excluding hydrogens is 414 g/mol. The Hall–Kier alpha value is -3.64. The van der Waals surface area contributed by atoms with Crippen molar-refractivity contribution in [1.29, 1.82) is 0 Å². The number of carbonyl (C=O) groups excluding carboxylic acids is 2. The van der Waals surface area contributed by atoms with Gasteiger partial charge in [0, 0.05) is 21.8 Å². The Bertz CT molecular complexity index is 1100. The number of carbonyl (C=O) groups is 2. The van der Waals surface area contributed by atoms with Crippen molar-refractivity contribution < 1.29 is 14.3 Å². The van der Waals surface area contributed by atoms with E-state index in [0.29, 0.717) is 22.0 Å². The summed E-state index contributed by atoms with van der Waals surface area (Å²) in [5, 5.41) is 7.11. The number of nitrogens with zero attached hydrogens (tertiary/aromatic N) is 1. The normalized spacial score (nSPS) is 10.6. The van der Waals surface area contributed by atoms with E-state index >= 15 is 0 Å². The van der Waals surface area contributed by atoms with Gasteiger partial charge >= 0.3 is 11.8 Å². The lowest BCUT2D eigenvalue weighted by molar-refractivity contribution is -0.136. The molecule has 2 N–H and O–H groups in total. The highest BCUT2D eigenvalue weighted by molar-refractivity contribution is 6.39. The molecule has 0 unspecified atom stereocenters. The third kappa shape index (κ3) is 6.17. The van der Waals surface area contributed by atoms with Crippen molar-refractivity contribution in [1.82, 2.24) is 5.43 Å². The maximum Gasteiger partial charge on any atom is 0.329 e. The Labute approximate surface area is 185 Å². The van der Waals surface area contributed by atoms with E-state index in [2.05, 4.69) is 15.8 Å². The van der Waals surface area contributed by atoms with Crippen molar-refractivity contribution in [3.05, 3.63) is 94.5 Å². The number of anilines is 1. The van der Waals surface area contributed by atoms with Crippen molar-refractivity contribution in [3.63, 3.8) is 0 Å². The van der Waals surface area contributed by atoms with E-state index < -0.39 is 11.8 Å². The number of para-hydroxylation sites is 2. The van der Waals surface area contributed by atoms with Gasteiger partial charge in [0.25, 0.3) is 0 Å². The molecule has 0 radical (unpaired) electrons. The zero-order valence-corrected chi connectivity index (χ0v) is 17.7. The van der Waals surface area contributed by atoms with Crippen LogP contribution in [0.5, 0.6) is 5.75 Å². The molecular formula is C24H22ClN3O3. The fraction of sp³-hybridized carbons (Fsp3) is 0.125. The number of aryl methyl sites for hydroxylation is 1. The Morgan fingerprint density at radius 1 is 0.935 bits per heavy atom. The van der Waals surface area contributed by atoms with E-state index in [0.717, 1.165) is 17.5 Å². The average Bonchev–Trinajstić information content (AvgIpc) is 2.79. The van der Waals surface area contributed by atoms with Crippen molar-refractivity contribution in [2.75, 3.05) is 5.32 Å². The summed E-state index contributed by atoms with van der Waals surface area (Å²) in [4.78, 5) is 24.2. The smallest absolute Gasteiger partial charge is 0.329 e. The second kappa shape index (κ2) is 10.9. The number of amides is 2. The van der Waals surface area contributed by atoms with Gasteiger partial charge in [0.1, 0.15) is 12.4 Å². The van der Waals surface area contributed by atoms with Crippen LogP contribution in [0.1, 0.15) is 23.6 Å². The molecule has 0 aliphatic carbocycles. The summed E-state index contributed by atoms with van der Waals surface area (Å²) in [5.41, 5.74) is 5.29. The number of hydrogen-bond acceptors (Lipinski definition) is 4. The molecule has 3 rings (SSSR count). The molecule has 3 aromatic carbocycles. The number of hydrogen-bond donors (Lipinski definition) is 2. The van der Waals surface area contributed by atoms with Gasteiger partial charge in [-0.2, -0.15) is 5.10 Å². The van der Waals surface area contributed by atoms with Crippen LogP contribution in [0.4, 0.5) is 5.69 Å². The molecule has 0 spiro atoms. The standard InChI is InChI=1S/C24H22ClN3O3/c1-2-17-9-4-7-13-21(17)27-23(29)24(30)28-26-15-18-10-5-8-14-22(18)31-16-19-11-3-6-12-20(19)25/h3-15H,2,16H2,1H3,(H,27,29)(H,28,30)/b26-15+. The average molecular weight is 436 g/mol. The summed E-state index contributed by atoms with van der Waals surface area (Å²) < 4.78 is 5.85. The summed E-state index contributed by atoms with van der Waals surface area (Å²) in [6.07, 6.45) is 2.16. The molecule has 3 aromatic rings. The Kier molecular flexibility index (Phi) is 7.79. The molecule has 0 saturated heterocycles. The van der Waals surface area contributed by atoms with Gasteiger partial charge < -0.3 is 10.1 Å². The maximum absolute atomic E-state index is 12.1. The zero-order chi connectivity index (χ0) is 22.1. The van der Waals surface area contributed by atoms with Crippen LogP contribution in [0.2, 0.25) is 5.02 Å². The van der Waals surface area contributed by atoms with Gasteiger partial charge in [0.15, 0.2) is 0 Å². The Morgan fingerprint density at radius 3 is 2.39 bits per heavy atom. The molecule has 2 amide bonds. The van der Waals surface area contributed by atoms with Crippen LogP contribution in [-0.2, 0) is 22.6 Å². The van der Waals surface area contributed by atoms with Crippen molar-refractivity contribution in [3.8, 4) is 5.75 Å². The van der Waals surface area contributed by atoms with Crippen molar-refractivity contribution in [2.45, 2.75) is 20.0 Å².